The summed E-state index contributed by atoms with van der Waals surface area (Å²) >= 11 is 0. The molecule has 0 aliphatic heterocycles. The second-order valence-electron chi connectivity index (χ2n) is 4.32. The lowest BCUT2D eigenvalue weighted by Gasteiger charge is -2.13. The molecule has 3 nitrogen and oxygen atoms in total. The Labute approximate surface area is 112 Å². The summed E-state index contributed by atoms with van der Waals surface area (Å²) in [7, 11) is 1.59. The third-order valence-electron chi connectivity index (χ3n) is 3.03. The first-order valence-electron chi connectivity index (χ1n) is 6.02. The Morgan fingerprint density at radius 1 is 1.11 bits per heavy atom. The molecule has 2 aromatic carbocycles. The number of nitriles is 1. The quantitative estimate of drug-likeness (QED) is 0.913. The molecule has 1 N–H and O–H groups in total. The van der Waals surface area contributed by atoms with Gasteiger partial charge >= 0.3 is 0 Å². The Morgan fingerprint density at radius 2 is 1.74 bits per heavy atom. The number of aliphatic hydroxyl groups is 1. The molecule has 0 heterocycles. The Bertz CT molecular complexity index is 610. The van der Waals surface area contributed by atoms with Crippen LogP contribution in [0, 0.1) is 11.3 Å². The molecule has 0 aliphatic carbocycles. The van der Waals surface area contributed by atoms with Crippen molar-refractivity contribution in [2.24, 2.45) is 0 Å². The van der Waals surface area contributed by atoms with E-state index in [4.69, 9.17) is 10.00 Å². The number of aliphatic hydroxyl groups excluding tert-OH is 1. The molecular formula is C16H15NO2. The van der Waals surface area contributed by atoms with Crippen molar-refractivity contribution in [1.29, 1.82) is 5.26 Å². The smallest absolute Gasteiger partial charge is 0.124 e. The highest BCUT2D eigenvalue weighted by molar-refractivity contribution is 5.66. The highest BCUT2D eigenvalue weighted by atomic mass is 16.5. The molecule has 96 valence electrons. The summed E-state index contributed by atoms with van der Waals surface area (Å²) in [6, 6.07) is 15.1. The van der Waals surface area contributed by atoms with Gasteiger partial charge in [-0.25, -0.2) is 0 Å². The predicted molar refractivity (Wildman–Crippen MR) is 73.8 cm³/mol. The molecule has 0 spiro atoms. The molecule has 0 saturated carbocycles. The maximum absolute atomic E-state index is 9.77. The SMILES string of the molecule is COc1ccc(-c2ccc(C#N)cc2)cc1C(C)O. The van der Waals surface area contributed by atoms with Crippen LogP contribution in [0.2, 0.25) is 0 Å². The third-order valence-corrected chi connectivity index (χ3v) is 3.03. The molecule has 0 saturated heterocycles. The van der Waals surface area contributed by atoms with Crippen LogP contribution in [0.3, 0.4) is 0 Å². The van der Waals surface area contributed by atoms with Gasteiger partial charge in [0.05, 0.1) is 24.8 Å². The average molecular weight is 253 g/mol. The van der Waals surface area contributed by atoms with Crippen molar-refractivity contribution in [1.82, 2.24) is 0 Å². The average Bonchev–Trinajstić information content (AvgIpc) is 2.46. The number of methoxy groups -OCH3 is 1. The molecule has 2 rings (SSSR count). The summed E-state index contributed by atoms with van der Waals surface area (Å²) < 4.78 is 5.23. The van der Waals surface area contributed by atoms with Crippen LogP contribution in [0.5, 0.6) is 5.75 Å². The van der Waals surface area contributed by atoms with Gasteiger partial charge in [0.15, 0.2) is 0 Å². The van der Waals surface area contributed by atoms with E-state index >= 15 is 0 Å². The van der Waals surface area contributed by atoms with Crippen molar-refractivity contribution in [3.05, 3.63) is 53.6 Å². The lowest BCUT2D eigenvalue weighted by molar-refractivity contribution is 0.194. The molecule has 19 heavy (non-hydrogen) atoms. The first kappa shape index (κ1) is 13.1. The van der Waals surface area contributed by atoms with E-state index in [9.17, 15) is 5.11 Å². The minimum Gasteiger partial charge on any atom is -0.496 e. The Hall–Kier alpha value is -2.31. The summed E-state index contributed by atoms with van der Waals surface area (Å²) in [6.07, 6.45) is -0.590. The zero-order chi connectivity index (χ0) is 13.8. The van der Waals surface area contributed by atoms with E-state index in [-0.39, 0.29) is 0 Å². The Morgan fingerprint density at radius 3 is 2.26 bits per heavy atom. The Balaban J connectivity index is 2.45. The van der Waals surface area contributed by atoms with Crippen molar-refractivity contribution < 1.29 is 9.84 Å². The molecule has 0 fully saturated rings. The van der Waals surface area contributed by atoms with Gasteiger partial charge in [0.1, 0.15) is 5.75 Å². The number of nitrogens with zero attached hydrogens (tertiary/aromatic N) is 1. The molecule has 0 bridgehead atoms. The second-order valence-corrected chi connectivity index (χ2v) is 4.32. The molecule has 2 aromatic rings. The van der Waals surface area contributed by atoms with Crippen LogP contribution in [-0.2, 0) is 0 Å². The van der Waals surface area contributed by atoms with Gasteiger partial charge in [-0.2, -0.15) is 5.26 Å². The predicted octanol–water partition coefficient (Wildman–Crippen LogP) is 3.29. The number of benzene rings is 2. The van der Waals surface area contributed by atoms with E-state index in [0.717, 1.165) is 16.7 Å². The summed E-state index contributed by atoms with van der Waals surface area (Å²) in [5.74, 6) is 0.674. The fourth-order valence-corrected chi connectivity index (χ4v) is 1.98. The molecule has 1 unspecified atom stereocenters. The minimum atomic E-state index is -0.590. The van der Waals surface area contributed by atoms with Gasteiger partial charge in [-0.3, -0.25) is 0 Å². The molecule has 0 aliphatic rings. The van der Waals surface area contributed by atoms with Crippen LogP contribution >= 0.6 is 0 Å². The third kappa shape index (κ3) is 2.75. The van der Waals surface area contributed by atoms with Crippen molar-refractivity contribution in [3.8, 4) is 22.9 Å². The lowest BCUT2D eigenvalue weighted by atomic mass is 9.99. The van der Waals surface area contributed by atoms with Crippen LogP contribution < -0.4 is 4.74 Å². The lowest BCUT2D eigenvalue weighted by Crippen LogP contribution is -1.97. The first-order valence-corrected chi connectivity index (χ1v) is 6.02. The molecule has 1 atom stereocenters. The summed E-state index contributed by atoms with van der Waals surface area (Å²) in [5, 5.41) is 18.6. The van der Waals surface area contributed by atoms with Crippen LogP contribution in [0.1, 0.15) is 24.2 Å². The topological polar surface area (TPSA) is 53.2 Å². The van der Waals surface area contributed by atoms with Crippen LogP contribution in [-0.4, -0.2) is 12.2 Å². The van der Waals surface area contributed by atoms with Crippen molar-refractivity contribution >= 4 is 0 Å². The van der Waals surface area contributed by atoms with Crippen LogP contribution in [0.25, 0.3) is 11.1 Å². The fourth-order valence-electron chi connectivity index (χ4n) is 1.98. The summed E-state index contributed by atoms with van der Waals surface area (Å²) in [5.41, 5.74) is 3.38. The van der Waals surface area contributed by atoms with Gasteiger partial charge in [0, 0.05) is 5.56 Å². The number of hydrogen-bond acceptors (Lipinski definition) is 3. The van der Waals surface area contributed by atoms with Gasteiger partial charge < -0.3 is 9.84 Å². The van der Waals surface area contributed by atoms with E-state index in [1.807, 2.05) is 30.3 Å². The monoisotopic (exact) mass is 253 g/mol. The normalized spacial score (nSPS) is 11.7. The van der Waals surface area contributed by atoms with Gasteiger partial charge in [0.2, 0.25) is 0 Å². The standard InChI is InChI=1S/C16H15NO2/c1-11(18)15-9-14(7-8-16(15)19-2)13-5-3-12(10-17)4-6-13/h3-9,11,18H,1-2H3. The molecule has 0 radical (unpaired) electrons. The molecular weight excluding hydrogens is 238 g/mol. The number of ether oxygens (including phenoxy) is 1. The van der Waals surface area contributed by atoms with Crippen LogP contribution in [0.15, 0.2) is 42.5 Å². The Kier molecular flexibility index (Phi) is 3.84. The van der Waals surface area contributed by atoms with E-state index in [2.05, 4.69) is 6.07 Å². The maximum atomic E-state index is 9.77. The minimum absolute atomic E-state index is 0.590. The van der Waals surface area contributed by atoms with Crippen molar-refractivity contribution in [2.75, 3.05) is 7.11 Å². The van der Waals surface area contributed by atoms with E-state index in [1.165, 1.54) is 0 Å². The highest BCUT2D eigenvalue weighted by Gasteiger charge is 2.10. The molecule has 0 aromatic heterocycles. The zero-order valence-corrected chi connectivity index (χ0v) is 10.9. The highest BCUT2D eigenvalue weighted by Crippen LogP contribution is 2.30. The summed E-state index contributed by atoms with van der Waals surface area (Å²) in [6.45, 7) is 1.71. The van der Waals surface area contributed by atoms with Crippen LogP contribution in [0.4, 0.5) is 0 Å². The number of rotatable bonds is 3. The maximum Gasteiger partial charge on any atom is 0.124 e. The molecule has 3 heteroatoms. The number of hydrogen-bond donors (Lipinski definition) is 1. The van der Waals surface area contributed by atoms with Crippen molar-refractivity contribution in [2.45, 2.75) is 13.0 Å². The fraction of sp³-hybridized carbons (Fsp3) is 0.188. The van der Waals surface area contributed by atoms with Gasteiger partial charge in [-0.1, -0.05) is 18.2 Å². The molecule has 0 amide bonds. The van der Waals surface area contributed by atoms with Gasteiger partial charge in [-0.05, 0) is 42.3 Å². The first-order chi connectivity index (χ1) is 9.15. The van der Waals surface area contributed by atoms with E-state index in [0.29, 0.717) is 11.3 Å². The zero-order valence-electron chi connectivity index (χ0n) is 10.9. The summed E-state index contributed by atoms with van der Waals surface area (Å²) in [4.78, 5) is 0. The van der Waals surface area contributed by atoms with Gasteiger partial charge in [-0.15, -0.1) is 0 Å². The van der Waals surface area contributed by atoms with E-state index < -0.39 is 6.10 Å². The van der Waals surface area contributed by atoms with Gasteiger partial charge in [0.25, 0.3) is 0 Å². The largest absolute Gasteiger partial charge is 0.496 e. The second kappa shape index (κ2) is 5.55. The van der Waals surface area contributed by atoms with E-state index in [1.54, 1.807) is 26.2 Å². The van der Waals surface area contributed by atoms with Crippen molar-refractivity contribution in [3.63, 3.8) is 0 Å².